The first-order valence-electron chi connectivity index (χ1n) is 6.87. The number of halogens is 2. The topological polar surface area (TPSA) is 32.8 Å². The highest BCUT2D eigenvalue weighted by molar-refractivity contribution is 8.15. The molecule has 22 heavy (non-hydrogen) atoms. The average molecular weight is 341 g/mol. The second-order valence-corrected chi connectivity index (χ2v) is 6.68. The minimum Gasteiger partial charge on any atom is -0.332 e. The summed E-state index contributed by atoms with van der Waals surface area (Å²) < 4.78 is 21.1. The Kier molecular flexibility index (Phi) is 4.08. The van der Waals surface area contributed by atoms with E-state index in [2.05, 4.69) is 5.92 Å². The predicted octanol–water partition coefficient (Wildman–Crippen LogP) is 3.97. The number of thioether (sulfide) groups is 1. The van der Waals surface area contributed by atoms with Gasteiger partial charge in [0.15, 0.2) is 0 Å². The molecule has 3 rings (SSSR count). The standard InChI is InChI=1S/C15H14ClFN2O2S/c1-3-10(2)21-15(11-8-9-11)19(16)18(14(20)22-15)13-7-5-4-6-12(13)17/h1,4-7,10-11H,8-9H2,2H3. The lowest BCUT2D eigenvalue weighted by molar-refractivity contribution is -0.0765. The number of para-hydroxylation sites is 1. The summed E-state index contributed by atoms with van der Waals surface area (Å²) in [5, 5.41) is -0.383. The lowest BCUT2D eigenvalue weighted by Gasteiger charge is -2.35. The lowest BCUT2D eigenvalue weighted by Crippen LogP contribution is -2.48. The molecule has 0 N–H and O–H groups in total. The number of nitrogens with zero attached hydrogens (tertiary/aromatic N) is 2. The monoisotopic (exact) mass is 340 g/mol. The van der Waals surface area contributed by atoms with Gasteiger partial charge >= 0.3 is 5.24 Å². The normalized spacial score (nSPS) is 27.0. The molecule has 0 bridgehead atoms. The molecule has 116 valence electrons. The van der Waals surface area contributed by atoms with Gasteiger partial charge in [-0.05, 0) is 43.7 Å². The molecule has 1 aliphatic carbocycles. The summed E-state index contributed by atoms with van der Waals surface area (Å²) in [5.74, 6) is 2.02. The van der Waals surface area contributed by atoms with Gasteiger partial charge in [0.25, 0.3) is 0 Å². The SMILES string of the molecule is C#CC(C)OC1(C2CC2)SC(=O)N(c2ccccc2F)N1Cl. The number of hydrazine groups is 1. The van der Waals surface area contributed by atoms with E-state index in [9.17, 15) is 9.18 Å². The molecule has 1 aromatic rings. The van der Waals surface area contributed by atoms with Gasteiger partial charge in [0.1, 0.15) is 11.9 Å². The first kappa shape index (κ1) is 15.6. The van der Waals surface area contributed by atoms with E-state index in [0.29, 0.717) is 0 Å². The Labute approximate surface area is 137 Å². The van der Waals surface area contributed by atoms with Crippen molar-refractivity contribution >= 4 is 34.5 Å². The molecular formula is C15H14ClFN2O2S. The molecule has 2 unspecified atom stereocenters. The average Bonchev–Trinajstić information content (AvgIpc) is 3.30. The van der Waals surface area contributed by atoms with E-state index in [0.717, 1.165) is 34.1 Å². The number of amides is 1. The molecule has 0 radical (unpaired) electrons. The largest absolute Gasteiger partial charge is 0.332 e. The van der Waals surface area contributed by atoms with E-state index in [1.807, 2.05) is 0 Å². The Hall–Kier alpha value is -1.26. The Morgan fingerprint density at radius 2 is 2.23 bits per heavy atom. The van der Waals surface area contributed by atoms with Gasteiger partial charge in [-0.2, -0.15) is 0 Å². The number of anilines is 1. The second-order valence-electron chi connectivity index (χ2n) is 5.22. The van der Waals surface area contributed by atoms with Crippen molar-refractivity contribution in [3.05, 3.63) is 30.1 Å². The summed E-state index contributed by atoms with van der Waals surface area (Å²) in [6, 6.07) is 5.97. The van der Waals surface area contributed by atoms with Crippen molar-refractivity contribution in [2.45, 2.75) is 30.9 Å². The Morgan fingerprint density at radius 1 is 1.55 bits per heavy atom. The highest BCUT2D eigenvalue weighted by Gasteiger charge is 2.61. The van der Waals surface area contributed by atoms with Crippen LogP contribution in [0.5, 0.6) is 0 Å². The molecule has 4 nitrogen and oxygen atoms in total. The van der Waals surface area contributed by atoms with Crippen LogP contribution in [-0.2, 0) is 4.74 Å². The van der Waals surface area contributed by atoms with Gasteiger partial charge in [-0.15, -0.1) is 6.42 Å². The van der Waals surface area contributed by atoms with Crippen LogP contribution in [-0.4, -0.2) is 20.9 Å². The van der Waals surface area contributed by atoms with Crippen molar-refractivity contribution in [3.8, 4) is 12.3 Å². The number of terminal acetylenes is 1. The molecule has 0 aromatic heterocycles. The zero-order valence-electron chi connectivity index (χ0n) is 11.8. The van der Waals surface area contributed by atoms with Gasteiger partial charge in [0, 0.05) is 17.7 Å². The molecule has 1 amide bonds. The number of carbonyl (C=O) groups excluding carboxylic acids is 1. The van der Waals surface area contributed by atoms with Crippen LogP contribution >= 0.6 is 23.5 Å². The predicted molar refractivity (Wildman–Crippen MR) is 84.4 cm³/mol. The van der Waals surface area contributed by atoms with Gasteiger partial charge < -0.3 is 4.74 Å². The molecule has 1 saturated heterocycles. The molecule has 2 aliphatic rings. The summed E-state index contributed by atoms with van der Waals surface area (Å²) in [6.07, 6.45) is 6.63. The van der Waals surface area contributed by atoms with Crippen molar-refractivity contribution in [2.75, 3.05) is 5.01 Å². The van der Waals surface area contributed by atoms with Crippen LogP contribution in [0.4, 0.5) is 14.9 Å². The second kappa shape index (κ2) is 5.74. The summed E-state index contributed by atoms with van der Waals surface area (Å²) in [6.45, 7) is 1.71. The van der Waals surface area contributed by atoms with Crippen molar-refractivity contribution in [1.29, 1.82) is 0 Å². The quantitative estimate of drug-likeness (QED) is 0.613. The molecule has 1 aliphatic heterocycles. The first-order valence-corrected chi connectivity index (χ1v) is 8.02. The highest BCUT2D eigenvalue weighted by Crippen LogP contribution is 2.57. The van der Waals surface area contributed by atoms with Crippen LogP contribution in [0.25, 0.3) is 0 Å². The number of benzene rings is 1. The number of hydrogen-bond donors (Lipinski definition) is 0. The Balaban J connectivity index is 1.97. The summed E-state index contributed by atoms with van der Waals surface area (Å²) in [5.41, 5.74) is 0.0921. The molecule has 1 aromatic carbocycles. The fourth-order valence-corrected chi connectivity index (χ4v) is 4.11. The van der Waals surface area contributed by atoms with Crippen molar-refractivity contribution < 1.29 is 13.9 Å². The van der Waals surface area contributed by atoms with E-state index in [-0.39, 0.29) is 11.6 Å². The molecular weight excluding hydrogens is 327 g/mol. The zero-order valence-corrected chi connectivity index (χ0v) is 13.4. The van der Waals surface area contributed by atoms with Crippen LogP contribution < -0.4 is 5.01 Å². The minimum atomic E-state index is -1.09. The molecule has 7 heteroatoms. The number of hydrogen-bond acceptors (Lipinski definition) is 4. The molecule has 2 fully saturated rings. The smallest absolute Gasteiger partial charge is 0.306 e. The van der Waals surface area contributed by atoms with Gasteiger partial charge in [0.05, 0.1) is 5.69 Å². The Bertz CT molecular complexity index is 649. The van der Waals surface area contributed by atoms with Crippen LogP contribution in [0.15, 0.2) is 24.3 Å². The maximum atomic E-state index is 14.0. The van der Waals surface area contributed by atoms with E-state index in [1.54, 1.807) is 19.1 Å². The third-order valence-corrected chi connectivity index (χ3v) is 5.34. The third-order valence-electron chi connectivity index (χ3n) is 3.59. The third kappa shape index (κ3) is 2.48. The van der Waals surface area contributed by atoms with Crippen LogP contribution in [0, 0.1) is 24.1 Å². The molecule has 1 heterocycles. The van der Waals surface area contributed by atoms with Crippen LogP contribution in [0.2, 0.25) is 0 Å². The maximum absolute atomic E-state index is 14.0. The number of carbonyl (C=O) groups is 1. The molecule has 2 atom stereocenters. The summed E-state index contributed by atoms with van der Waals surface area (Å²) in [7, 11) is 0. The molecule has 1 saturated carbocycles. The van der Waals surface area contributed by atoms with Crippen molar-refractivity contribution in [3.63, 3.8) is 0 Å². The van der Waals surface area contributed by atoms with E-state index < -0.39 is 22.2 Å². The van der Waals surface area contributed by atoms with Gasteiger partial charge in [0.2, 0.25) is 5.06 Å². The fourth-order valence-electron chi connectivity index (χ4n) is 2.37. The van der Waals surface area contributed by atoms with Gasteiger partial charge in [-0.25, -0.2) is 9.40 Å². The maximum Gasteiger partial charge on any atom is 0.306 e. The minimum absolute atomic E-state index is 0.0755. The van der Waals surface area contributed by atoms with Crippen molar-refractivity contribution in [1.82, 2.24) is 4.53 Å². The molecule has 0 spiro atoms. The summed E-state index contributed by atoms with van der Waals surface area (Å²) in [4.78, 5) is 12.4. The lowest BCUT2D eigenvalue weighted by atomic mass is 10.3. The van der Waals surface area contributed by atoms with E-state index >= 15 is 0 Å². The zero-order chi connectivity index (χ0) is 15.9. The summed E-state index contributed by atoms with van der Waals surface area (Å²) >= 11 is 7.34. The van der Waals surface area contributed by atoms with Crippen LogP contribution in [0.3, 0.4) is 0 Å². The van der Waals surface area contributed by atoms with E-state index in [1.165, 1.54) is 12.1 Å². The number of rotatable bonds is 4. The van der Waals surface area contributed by atoms with Gasteiger partial charge in [-0.1, -0.05) is 22.6 Å². The fraction of sp³-hybridized carbons (Fsp3) is 0.400. The Morgan fingerprint density at radius 3 is 2.82 bits per heavy atom. The van der Waals surface area contributed by atoms with Crippen molar-refractivity contribution in [2.24, 2.45) is 5.92 Å². The van der Waals surface area contributed by atoms with Gasteiger partial charge in [-0.3, -0.25) is 4.79 Å². The first-order chi connectivity index (χ1) is 10.5. The van der Waals surface area contributed by atoms with E-state index in [4.69, 9.17) is 22.9 Å². The number of ether oxygens (including phenoxy) is 1. The van der Waals surface area contributed by atoms with Crippen LogP contribution in [0.1, 0.15) is 19.8 Å². The highest BCUT2D eigenvalue weighted by atomic mass is 35.5.